The van der Waals surface area contributed by atoms with E-state index >= 15 is 0 Å². The number of Topliss-reactive ketones (excluding diaryl/α,β-unsaturated/α-hetero) is 1. The molecule has 104 valence electrons. The highest BCUT2D eigenvalue weighted by Crippen LogP contribution is 2.22. The van der Waals surface area contributed by atoms with Gasteiger partial charge in [0.05, 0.1) is 6.42 Å². The van der Waals surface area contributed by atoms with Gasteiger partial charge in [0.1, 0.15) is 6.04 Å². The second-order valence-electron chi connectivity index (χ2n) is 4.85. The zero-order valence-corrected chi connectivity index (χ0v) is 11.2. The van der Waals surface area contributed by atoms with Crippen molar-refractivity contribution in [1.29, 1.82) is 0 Å². The Bertz CT molecular complexity index is 326. The fraction of sp³-hybridized carbons (Fsp3) is 0.750. The van der Waals surface area contributed by atoms with E-state index in [1.807, 2.05) is 6.92 Å². The molecule has 0 unspecified atom stereocenters. The van der Waals surface area contributed by atoms with Crippen LogP contribution in [0.5, 0.6) is 0 Å². The first-order chi connectivity index (χ1) is 8.24. The molecule has 0 heterocycles. The van der Waals surface area contributed by atoms with Crippen LogP contribution < -0.4 is 11.1 Å². The number of carbonyl (C=O) groups excluding carboxylic acids is 2. The van der Waals surface area contributed by atoms with Crippen LogP contribution >= 0.6 is 0 Å². The number of carboxylic acid groups (broad SMARTS) is 1. The summed E-state index contributed by atoms with van der Waals surface area (Å²) in [6.07, 6.45) is 0.244. The molecule has 0 aliphatic carbocycles. The van der Waals surface area contributed by atoms with Crippen molar-refractivity contribution in [2.45, 2.75) is 46.1 Å². The first-order valence-electron chi connectivity index (χ1n) is 6.00. The maximum atomic E-state index is 12.1. The summed E-state index contributed by atoms with van der Waals surface area (Å²) in [5.74, 6) is -1.64. The van der Waals surface area contributed by atoms with Crippen LogP contribution in [0.1, 0.15) is 40.0 Å². The quantitative estimate of drug-likeness (QED) is 0.580. The van der Waals surface area contributed by atoms with E-state index in [9.17, 15) is 14.4 Å². The maximum Gasteiger partial charge on any atom is 0.303 e. The molecular weight excluding hydrogens is 236 g/mol. The lowest BCUT2D eigenvalue weighted by Crippen LogP contribution is -2.50. The number of nitrogens with two attached hydrogens (primary N) is 1. The Morgan fingerprint density at radius 3 is 2.22 bits per heavy atom. The average molecular weight is 258 g/mol. The molecule has 18 heavy (non-hydrogen) atoms. The van der Waals surface area contributed by atoms with Crippen LogP contribution in [0.15, 0.2) is 0 Å². The van der Waals surface area contributed by atoms with E-state index in [1.54, 1.807) is 13.8 Å². The fourth-order valence-corrected chi connectivity index (χ4v) is 1.36. The molecule has 1 amide bonds. The van der Waals surface area contributed by atoms with Gasteiger partial charge in [0, 0.05) is 18.4 Å². The number of nitrogens with one attached hydrogen (secondary N) is 1. The highest BCUT2D eigenvalue weighted by atomic mass is 16.4. The number of aliphatic carboxylic acids is 1. The van der Waals surface area contributed by atoms with Crippen molar-refractivity contribution >= 4 is 17.7 Å². The largest absolute Gasteiger partial charge is 0.481 e. The maximum absolute atomic E-state index is 12.1. The van der Waals surface area contributed by atoms with Crippen molar-refractivity contribution in [2.75, 3.05) is 6.54 Å². The summed E-state index contributed by atoms with van der Waals surface area (Å²) in [6, 6.07) is -0.749. The molecule has 0 rings (SSSR count). The third kappa shape index (κ3) is 5.27. The molecule has 0 bridgehead atoms. The summed E-state index contributed by atoms with van der Waals surface area (Å²) in [4.78, 5) is 33.9. The van der Waals surface area contributed by atoms with Crippen molar-refractivity contribution in [3.8, 4) is 0 Å². The van der Waals surface area contributed by atoms with Gasteiger partial charge in [-0.15, -0.1) is 0 Å². The Labute approximate surface area is 107 Å². The number of carboxylic acids is 1. The van der Waals surface area contributed by atoms with Gasteiger partial charge in [0.15, 0.2) is 5.78 Å². The third-order valence-corrected chi connectivity index (χ3v) is 3.00. The Kier molecular flexibility index (Phi) is 6.54. The van der Waals surface area contributed by atoms with Gasteiger partial charge in [0.25, 0.3) is 0 Å². The summed E-state index contributed by atoms with van der Waals surface area (Å²) in [5, 5.41) is 10.9. The van der Waals surface area contributed by atoms with Gasteiger partial charge in [-0.2, -0.15) is 0 Å². The van der Waals surface area contributed by atoms with E-state index < -0.39 is 23.3 Å². The third-order valence-electron chi connectivity index (χ3n) is 3.00. The summed E-state index contributed by atoms with van der Waals surface area (Å²) < 4.78 is 0. The van der Waals surface area contributed by atoms with Crippen LogP contribution in [0.2, 0.25) is 0 Å². The van der Waals surface area contributed by atoms with Crippen molar-refractivity contribution in [1.82, 2.24) is 5.32 Å². The molecular formula is C12H22N2O4. The highest BCUT2D eigenvalue weighted by molar-refractivity contribution is 5.93. The van der Waals surface area contributed by atoms with Gasteiger partial charge >= 0.3 is 5.97 Å². The molecule has 0 saturated heterocycles. The van der Waals surface area contributed by atoms with Gasteiger partial charge in [-0.3, -0.25) is 14.4 Å². The van der Waals surface area contributed by atoms with Gasteiger partial charge in [-0.25, -0.2) is 0 Å². The Morgan fingerprint density at radius 2 is 1.83 bits per heavy atom. The summed E-state index contributed by atoms with van der Waals surface area (Å²) in [6.45, 7) is 5.49. The average Bonchev–Trinajstić information content (AvgIpc) is 2.32. The zero-order chi connectivity index (χ0) is 14.3. The van der Waals surface area contributed by atoms with Gasteiger partial charge < -0.3 is 16.2 Å². The molecule has 0 aromatic heterocycles. The molecule has 0 saturated carbocycles. The number of ketones is 1. The molecule has 4 N–H and O–H groups in total. The van der Waals surface area contributed by atoms with E-state index in [2.05, 4.69) is 5.32 Å². The minimum atomic E-state index is -1.05. The standard InChI is InChI=1S/C12H22N2O4/c1-4-12(2,3)11(18)8(7-13)14-9(15)5-6-10(16)17/h8H,4-7,13H2,1-3H3,(H,14,15)(H,16,17)/t8-/m0/s1. The predicted molar refractivity (Wildman–Crippen MR) is 66.9 cm³/mol. The number of amides is 1. The summed E-state index contributed by atoms with van der Waals surface area (Å²) in [5.41, 5.74) is 4.93. The van der Waals surface area contributed by atoms with E-state index in [4.69, 9.17) is 10.8 Å². The number of carbonyl (C=O) groups is 3. The molecule has 6 heteroatoms. The van der Waals surface area contributed by atoms with Crippen molar-refractivity contribution in [3.63, 3.8) is 0 Å². The van der Waals surface area contributed by atoms with Crippen LogP contribution in [0.25, 0.3) is 0 Å². The molecule has 6 nitrogen and oxygen atoms in total. The normalized spacial score (nSPS) is 12.9. The molecule has 0 fully saturated rings. The SMILES string of the molecule is CCC(C)(C)C(=O)[C@H](CN)NC(=O)CCC(=O)O. The second kappa shape index (κ2) is 7.10. The molecule has 0 aromatic rings. The van der Waals surface area contributed by atoms with E-state index in [1.165, 1.54) is 0 Å². The highest BCUT2D eigenvalue weighted by Gasteiger charge is 2.32. The second-order valence-corrected chi connectivity index (χ2v) is 4.85. The summed E-state index contributed by atoms with van der Waals surface area (Å²) in [7, 11) is 0. The Balaban J connectivity index is 4.48. The Morgan fingerprint density at radius 1 is 1.28 bits per heavy atom. The van der Waals surface area contributed by atoms with Gasteiger partial charge in [-0.05, 0) is 6.42 Å². The minimum absolute atomic E-state index is 0.0150. The molecule has 0 radical (unpaired) electrons. The molecule has 0 aliphatic heterocycles. The smallest absolute Gasteiger partial charge is 0.303 e. The van der Waals surface area contributed by atoms with E-state index in [0.717, 1.165) is 0 Å². The lowest BCUT2D eigenvalue weighted by molar-refractivity contribution is -0.139. The number of hydrogen-bond acceptors (Lipinski definition) is 4. The van der Waals surface area contributed by atoms with E-state index in [-0.39, 0.29) is 25.2 Å². The Hall–Kier alpha value is -1.43. The lowest BCUT2D eigenvalue weighted by atomic mass is 9.82. The van der Waals surface area contributed by atoms with E-state index in [0.29, 0.717) is 6.42 Å². The monoisotopic (exact) mass is 258 g/mol. The predicted octanol–water partition coefficient (Wildman–Crippen LogP) is 0.300. The van der Waals surface area contributed by atoms with Crippen molar-refractivity contribution in [2.24, 2.45) is 11.1 Å². The summed E-state index contributed by atoms with van der Waals surface area (Å²) >= 11 is 0. The van der Waals surface area contributed by atoms with Crippen molar-refractivity contribution in [3.05, 3.63) is 0 Å². The molecule has 1 atom stereocenters. The van der Waals surface area contributed by atoms with Crippen LogP contribution in [-0.4, -0.2) is 35.4 Å². The van der Waals surface area contributed by atoms with Crippen LogP contribution in [-0.2, 0) is 14.4 Å². The van der Waals surface area contributed by atoms with Crippen LogP contribution in [0, 0.1) is 5.41 Å². The molecule has 0 spiro atoms. The lowest BCUT2D eigenvalue weighted by Gasteiger charge is -2.26. The number of hydrogen-bond donors (Lipinski definition) is 3. The fourth-order valence-electron chi connectivity index (χ4n) is 1.36. The first kappa shape index (κ1) is 16.6. The first-order valence-corrected chi connectivity index (χ1v) is 6.00. The molecule has 0 aromatic carbocycles. The molecule has 0 aliphatic rings. The zero-order valence-electron chi connectivity index (χ0n) is 11.2. The van der Waals surface area contributed by atoms with Crippen LogP contribution in [0.4, 0.5) is 0 Å². The van der Waals surface area contributed by atoms with Crippen molar-refractivity contribution < 1.29 is 19.5 Å². The number of rotatable bonds is 8. The minimum Gasteiger partial charge on any atom is -0.481 e. The van der Waals surface area contributed by atoms with Gasteiger partial charge in [0.2, 0.25) is 5.91 Å². The topological polar surface area (TPSA) is 109 Å². The van der Waals surface area contributed by atoms with Gasteiger partial charge in [-0.1, -0.05) is 20.8 Å². The van der Waals surface area contributed by atoms with Crippen LogP contribution in [0.3, 0.4) is 0 Å².